The Hall–Kier alpha value is -1.31. The number of amides is 1. The van der Waals surface area contributed by atoms with Gasteiger partial charge < -0.3 is 4.90 Å². The molecule has 3 rings (SSSR count). The molecule has 0 N–H and O–H groups in total. The predicted molar refractivity (Wildman–Crippen MR) is 81.5 cm³/mol. The van der Waals surface area contributed by atoms with Gasteiger partial charge in [0.2, 0.25) is 6.41 Å². The third-order valence-electron chi connectivity index (χ3n) is 5.35. The average molecular weight is 271 g/mol. The lowest BCUT2D eigenvalue weighted by atomic mass is 9.70. The Morgan fingerprint density at radius 1 is 1.15 bits per heavy atom. The molecule has 0 aromatic heterocycles. The maximum Gasteiger partial charge on any atom is 0.209 e. The SMILES string of the molecule is Cc1ccc(CC2C3CCCCC3CCN2C=O)cc1. The highest BCUT2D eigenvalue weighted by atomic mass is 16.1. The first-order valence-corrected chi connectivity index (χ1v) is 8.04. The minimum atomic E-state index is 0.425. The number of hydrogen-bond acceptors (Lipinski definition) is 1. The van der Waals surface area contributed by atoms with Crippen LogP contribution in [0, 0.1) is 18.8 Å². The molecule has 1 aromatic rings. The van der Waals surface area contributed by atoms with Crippen LogP contribution in [-0.4, -0.2) is 23.9 Å². The van der Waals surface area contributed by atoms with Gasteiger partial charge >= 0.3 is 0 Å². The highest BCUT2D eigenvalue weighted by molar-refractivity contribution is 5.48. The van der Waals surface area contributed by atoms with E-state index in [1.807, 2.05) is 0 Å². The minimum Gasteiger partial charge on any atom is -0.342 e. The Kier molecular flexibility index (Phi) is 4.09. The molecule has 20 heavy (non-hydrogen) atoms. The van der Waals surface area contributed by atoms with Crippen LogP contribution in [0.4, 0.5) is 0 Å². The summed E-state index contributed by atoms with van der Waals surface area (Å²) < 4.78 is 0. The number of piperidine rings is 1. The van der Waals surface area contributed by atoms with E-state index < -0.39 is 0 Å². The van der Waals surface area contributed by atoms with Crippen molar-refractivity contribution in [3.63, 3.8) is 0 Å². The minimum absolute atomic E-state index is 0.425. The highest BCUT2D eigenvalue weighted by Gasteiger charge is 2.38. The number of fused-ring (bicyclic) bond motifs is 1. The molecule has 108 valence electrons. The second-order valence-corrected chi connectivity index (χ2v) is 6.60. The molecule has 1 saturated carbocycles. The molecule has 1 aromatic carbocycles. The predicted octanol–water partition coefficient (Wildman–Crippen LogP) is 3.57. The lowest BCUT2D eigenvalue weighted by Crippen LogP contribution is -2.50. The van der Waals surface area contributed by atoms with Crippen molar-refractivity contribution in [3.8, 4) is 0 Å². The summed E-state index contributed by atoms with van der Waals surface area (Å²) in [5.74, 6) is 1.58. The monoisotopic (exact) mass is 271 g/mol. The van der Waals surface area contributed by atoms with Gasteiger partial charge in [0.1, 0.15) is 0 Å². The first kappa shape index (κ1) is 13.7. The second kappa shape index (κ2) is 5.99. The summed E-state index contributed by atoms with van der Waals surface area (Å²) >= 11 is 0. The van der Waals surface area contributed by atoms with Gasteiger partial charge in [-0.15, -0.1) is 0 Å². The van der Waals surface area contributed by atoms with Crippen molar-refractivity contribution in [1.29, 1.82) is 0 Å². The van der Waals surface area contributed by atoms with E-state index in [0.29, 0.717) is 6.04 Å². The first-order valence-electron chi connectivity index (χ1n) is 8.04. The molecule has 2 nitrogen and oxygen atoms in total. The largest absolute Gasteiger partial charge is 0.342 e. The fourth-order valence-corrected chi connectivity index (χ4v) is 4.19. The number of hydrogen-bond donors (Lipinski definition) is 0. The molecule has 1 saturated heterocycles. The third kappa shape index (κ3) is 2.74. The fourth-order valence-electron chi connectivity index (χ4n) is 4.19. The average Bonchev–Trinajstić information content (AvgIpc) is 2.50. The van der Waals surface area contributed by atoms with Crippen molar-refractivity contribution < 1.29 is 4.79 Å². The maximum absolute atomic E-state index is 11.4. The van der Waals surface area contributed by atoms with Gasteiger partial charge in [0.15, 0.2) is 0 Å². The normalized spacial score (nSPS) is 29.9. The molecule has 0 bridgehead atoms. The Morgan fingerprint density at radius 2 is 1.90 bits per heavy atom. The molecule has 0 spiro atoms. The number of rotatable bonds is 3. The van der Waals surface area contributed by atoms with E-state index in [0.717, 1.165) is 31.2 Å². The Morgan fingerprint density at radius 3 is 2.65 bits per heavy atom. The zero-order valence-corrected chi connectivity index (χ0v) is 12.4. The first-order chi connectivity index (χ1) is 9.78. The zero-order valence-electron chi connectivity index (χ0n) is 12.4. The van der Waals surface area contributed by atoms with Gasteiger partial charge in [-0.1, -0.05) is 49.1 Å². The Labute approximate surface area is 122 Å². The molecular weight excluding hydrogens is 246 g/mol. The molecule has 2 aliphatic rings. The van der Waals surface area contributed by atoms with Gasteiger partial charge in [-0.3, -0.25) is 4.79 Å². The van der Waals surface area contributed by atoms with E-state index in [-0.39, 0.29) is 0 Å². The van der Waals surface area contributed by atoms with Gasteiger partial charge in [0.25, 0.3) is 0 Å². The van der Waals surface area contributed by atoms with E-state index in [9.17, 15) is 4.79 Å². The van der Waals surface area contributed by atoms with E-state index in [4.69, 9.17) is 0 Å². The molecular formula is C18H25NO. The van der Waals surface area contributed by atoms with Crippen LogP contribution in [0.5, 0.6) is 0 Å². The van der Waals surface area contributed by atoms with Crippen LogP contribution in [0.25, 0.3) is 0 Å². The summed E-state index contributed by atoms with van der Waals surface area (Å²) in [6.45, 7) is 3.08. The van der Waals surface area contributed by atoms with Crippen LogP contribution in [0.1, 0.15) is 43.2 Å². The Bertz CT molecular complexity index is 453. The van der Waals surface area contributed by atoms with Crippen LogP contribution < -0.4 is 0 Å². The maximum atomic E-state index is 11.4. The summed E-state index contributed by atoms with van der Waals surface area (Å²) in [6.07, 6.45) is 8.75. The quantitative estimate of drug-likeness (QED) is 0.770. The Balaban J connectivity index is 1.78. The summed E-state index contributed by atoms with van der Waals surface area (Å²) in [4.78, 5) is 13.5. The van der Waals surface area contributed by atoms with Crippen LogP contribution in [-0.2, 0) is 11.2 Å². The van der Waals surface area contributed by atoms with E-state index in [1.165, 1.54) is 43.2 Å². The van der Waals surface area contributed by atoms with E-state index >= 15 is 0 Å². The van der Waals surface area contributed by atoms with Crippen LogP contribution >= 0.6 is 0 Å². The van der Waals surface area contributed by atoms with E-state index in [2.05, 4.69) is 36.1 Å². The number of aryl methyl sites for hydroxylation is 1. The standard InChI is InChI=1S/C18H25NO/c1-14-6-8-15(9-7-14)12-18-17-5-3-2-4-16(17)10-11-19(18)13-20/h6-9,13,16-18H,2-5,10-12H2,1H3. The lowest BCUT2D eigenvalue weighted by Gasteiger charge is -2.46. The molecule has 0 radical (unpaired) electrons. The van der Waals surface area contributed by atoms with E-state index in [1.54, 1.807) is 0 Å². The number of benzene rings is 1. The van der Waals surface area contributed by atoms with Crippen molar-refractivity contribution in [3.05, 3.63) is 35.4 Å². The van der Waals surface area contributed by atoms with Gasteiger partial charge in [-0.2, -0.15) is 0 Å². The van der Waals surface area contributed by atoms with Crippen molar-refractivity contribution >= 4 is 6.41 Å². The second-order valence-electron chi connectivity index (χ2n) is 6.60. The number of carbonyl (C=O) groups is 1. The molecule has 3 atom stereocenters. The fraction of sp³-hybridized carbons (Fsp3) is 0.611. The van der Waals surface area contributed by atoms with Crippen LogP contribution in [0.2, 0.25) is 0 Å². The summed E-state index contributed by atoms with van der Waals surface area (Å²) in [6, 6.07) is 9.24. The van der Waals surface area contributed by atoms with Crippen molar-refractivity contribution in [2.45, 2.75) is 51.5 Å². The molecule has 1 aliphatic heterocycles. The number of nitrogens with zero attached hydrogens (tertiary/aromatic N) is 1. The molecule has 2 heteroatoms. The van der Waals surface area contributed by atoms with Gasteiger partial charge in [-0.25, -0.2) is 0 Å². The smallest absolute Gasteiger partial charge is 0.209 e. The molecule has 1 aliphatic carbocycles. The highest BCUT2D eigenvalue weighted by Crippen LogP contribution is 2.40. The molecule has 2 fully saturated rings. The number of likely N-dealkylation sites (tertiary alicyclic amines) is 1. The van der Waals surface area contributed by atoms with Gasteiger partial charge in [0.05, 0.1) is 0 Å². The van der Waals surface area contributed by atoms with Gasteiger partial charge in [0, 0.05) is 12.6 Å². The summed E-state index contributed by atoms with van der Waals surface area (Å²) in [7, 11) is 0. The topological polar surface area (TPSA) is 20.3 Å². The van der Waals surface area contributed by atoms with Crippen molar-refractivity contribution in [1.82, 2.24) is 4.90 Å². The van der Waals surface area contributed by atoms with Crippen LogP contribution in [0.3, 0.4) is 0 Å². The molecule has 3 unspecified atom stereocenters. The lowest BCUT2D eigenvalue weighted by molar-refractivity contribution is -0.125. The van der Waals surface area contributed by atoms with Gasteiger partial charge in [-0.05, 0) is 43.6 Å². The molecule has 1 amide bonds. The molecule has 1 heterocycles. The van der Waals surface area contributed by atoms with Crippen LogP contribution in [0.15, 0.2) is 24.3 Å². The van der Waals surface area contributed by atoms with Crippen molar-refractivity contribution in [2.75, 3.05) is 6.54 Å². The third-order valence-corrected chi connectivity index (χ3v) is 5.35. The zero-order chi connectivity index (χ0) is 13.9. The summed E-state index contributed by atoms with van der Waals surface area (Å²) in [5.41, 5.74) is 2.68. The van der Waals surface area contributed by atoms with Crippen molar-refractivity contribution in [2.24, 2.45) is 11.8 Å². The summed E-state index contributed by atoms with van der Waals surface area (Å²) in [5, 5.41) is 0. The number of carbonyl (C=O) groups excluding carboxylic acids is 1.